The summed E-state index contributed by atoms with van der Waals surface area (Å²) in [5.74, 6) is -0.295. The summed E-state index contributed by atoms with van der Waals surface area (Å²) in [5.41, 5.74) is 2.66. The second-order valence-corrected chi connectivity index (χ2v) is 14.3. The average Bonchev–Trinajstić information content (AvgIpc) is 3.06. The van der Waals surface area contributed by atoms with Crippen molar-refractivity contribution in [3.05, 3.63) is 65.2 Å². The van der Waals surface area contributed by atoms with Crippen LogP contribution in [0.3, 0.4) is 0 Å². The predicted molar refractivity (Wildman–Crippen MR) is 142 cm³/mol. The zero-order chi connectivity index (χ0) is 26.5. The van der Waals surface area contributed by atoms with Crippen LogP contribution < -0.4 is 14.3 Å². The number of hydrogen-bond donors (Lipinski definition) is 2. The molecule has 1 spiro atoms. The lowest BCUT2D eigenvalue weighted by Gasteiger charge is -2.33. The predicted octanol–water partition coefficient (Wildman–Crippen LogP) is 4.16. The van der Waals surface area contributed by atoms with Crippen LogP contribution in [0.1, 0.15) is 62.9 Å². The Bertz CT molecular complexity index is 1460. The minimum atomic E-state index is -3.81. The Kier molecular flexibility index (Phi) is 6.60. The SMILES string of the molecule is CC1=CCC2(CC1)CN(C(=O)c1cccc(S(=O)(=O)NC(C)(C)C)c1)c1ccc(NS(C)(=O)=O)cc12. The Morgan fingerprint density at radius 1 is 1.06 bits per heavy atom. The highest BCUT2D eigenvalue weighted by atomic mass is 32.2. The maximum atomic E-state index is 13.8. The fourth-order valence-electron chi connectivity index (χ4n) is 4.94. The fraction of sp³-hybridized carbons (Fsp3) is 0.423. The number of hydrogen-bond acceptors (Lipinski definition) is 5. The number of carbonyl (C=O) groups is 1. The number of rotatable bonds is 5. The normalized spacial score (nSPS) is 20.2. The Morgan fingerprint density at radius 3 is 2.39 bits per heavy atom. The lowest BCUT2D eigenvalue weighted by molar-refractivity contribution is 0.0984. The second-order valence-electron chi connectivity index (χ2n) is 10.9. The fourth-order valence-corrected chi connectivity index (χ4v) is 6.96. The van der Waals surface area contributed by atoms with E-state index in [0.29, 0.717) is 17.9 Å². The van der Waals surface area contributed by atoms with Gasteiger partial charge in [0, 0.05) is 34.4 Å². The van der Waals surface area contributed by atoms with Crippen molar-refractivity contribution in [2.24, 2.45) is 0 Å². The zero-order valence-corrected chi connectivity index (χ0v) is 22.9. The average molecular weight is 532 g/mol. The summed E-state index contributed by atoms with van der Waals surface area (Å²) in [7, 11) is -7.26. The first-order valence-electron chi connectivity index (χ1n) is 11.8. The monoisotopic (exact) mass is 531 g/mol. The molecule has 2 N–H and O–H groups in total. The van der Waals surface area contributed by atoms with Crippen LogP contribution in [0.5, 0.6) is 0 Å². The van der Waals surface area contributed by atoms with Crippen LogP contribution in [-0.2, 0) is 25.5 Å². The molecule has 194 valence electrons. The number of anilines is 2. The highest BCUT2D eigenvalue weighted by Gasteiger charge is 2.45. The Labute approximate surface area is 213 Å². The molecule has 4 rings (SSSR count). The summed E-state index contributed by atoms with van der Waals surface area (Å²) >= 11 is 0. The first-order valence-corrected chi connectivity index (χ1v) is 15.2. The van der Waals surface area contributed by atoms with Gasteiger partial charge in [-0.2, -0.15) is 0 Å². The van der Waals surface area contributed by atoms with E-state index in [1.807, 2.05) is 6.07 Å². The van der Waals surface area contributed by atoms with Crippen molar-refractivity contribution in [2.75, 3.05) is 22.4 Å². The maximum absolute atomic E-state index is 13.8. The van der Waals surface area contributed by atoms with E-state index in [1.54, 1.807) is 49.9 Å². The van der Waals surface area contributed by atoms with Gasteiger partial charge in [-0.05, 0) is 88.9 Å². The van der Waals surface area contributed by atoms with Crippen LogP contribution in [-0.4, -0.2) is 41.1 Å². The third-order valence-corrected chi connectivity index (χ3v) is 8.90. The Morgan fingerprint density at radius 2 is 1.78 bits per heavy atom. The van der Waals surface area contributed by atoms with Crippen LogP contribution in [0.2, 0.25) is 0 Å². The molecular formula is C26H33N3O5S2. The minimum absolute atomic E-state index is 0.0290. The molecule has 2 aliphatic rings. The van der Waals surface area contributed by atoms with E-state index in [0.717, 1.165) is 31.1 Å². The van der Waals surface area contributed by atoms with E-state index in [1.165, 1.54) is 17.7 Å². The highest BCUT2D eigenvalue weighted by molar-refractivity contribution is 7.92. The molecule has 1 heterocycles. The van der Waals surface area contributed by atoms with Gasteiger partial charge < -0.3 is 4.90 Å². The van der Waals surface area contributed by atoms with Crippen LogP contribution >= 0.6 is 0 Å². The topological polar surface area (TPSA) is 113 Å². The molecule has 1 amide bonds. The second kappa shape index (κ2) is 9.00. The van der Waals surface area contributed by atoms with Gasteiger partial charge in [0.25, 0.3) is 5.91 Å². The van der Waals surface area contributed by atoms with Gasteiger partial charge in [0.1, 0.15) is 0 Å². The number of nitrogens with one attached hydrogen (secondary N) is 2. The smallest absolute Gasteiger partial charge is 0.258 e. The molecule has 2 aromatic rings. The summed E-state index contributed by atoms with van der Waals surface area (Å²) in [5, 5.41) is 0. The Balaban J connectivity index is 1.74. The van der Waals surface area contributed by atoms with Crippen molar-refractivity contribution in [1.29, 1.82) is 0 Å². The van der Waals surface area contributed by atoms with E-state index >= 15 is 0 Å². The van der Waals surface area contributed by atoms with E-state index in [2.05, 4.69) is 22.4 Å². The van der Waals surface area contributed by atoms with Crippen molar-refractivity contribution in [2.45, 2.75) is 62.8 Å². The van der Waals surface area contributed by atoms with Crippen LogP contribution in [0, 0.1) is 0 Å². The van der Waals surface area contributed by atoms with E-state index in [4.69, 9.17) is 0 Å². The maximum Gasteiger partial charge on any atom is 0.258 e. The van der Waals surface area contributed by atoms with Gasteiger partial charge in [-0.15, -0.1) is 0 Å². The third kappa shape index (κ3) is 5.50. The van der Waals surface area contributed by atoms with E-state index in [9.17, 15) is 21.6 Å². The number of amides is 1. The van der Waals surface area contributed by atoms with Gasteiger partial charge in [-0.1, -0.05) is 17.7 Å². The zero-order valence-electron chi connectivity index (χ0n) is 21.3. The molecule has 1 aliphatic carbocycles. The molecule has 0 saturated heterocycles. The highest BCUT2D eigenvalue weighted by Crippen LogP contribution is 2.50. The van der Waals surface area contributed by atoms with Gasteiger partial charge in [0.05, 0.1) is 11.2 Å². The number of nitrogens with zero attached hydrogens (tertiary/aromatic N) is 1. The lowest BCUT2D eigenvalue weighted by Crippen LogP contribution is -2.40. The number of benzene rings is 2. The molecule has 8 nitrogen and oxygen atoms in total. The molecule has 0 fully saturated rings. The summed E-state index contributed by atoms with van der Waals surface area (Å²) in [4.78, 5) is 15.5. The number of carbonyl (C=O) groups excluding carboxylic acids is 1. The quantitative estimate of drug-likeness (QED) is 0.563. The van der Waals surface area contributed by atoms with Crippen molar-refractivity contribution in [1.82, 2.24) is 4.72 Å². The molecule has 2 aromatic carbocycles. The number of allylic oxidation sites excluding steroid dienone is 2. The van der Waals surface area contributed by atoms with Crippen molar-refractivity contribution < 1.29 is 21.6 Å². The molecule has 36 heavy (non-hydrogen) atoms. The molecule has 0 bridgehead atoms. The van der Waals surface area contributed by atoms with E-state index in [-0.39, 0.29) is 21.8 Å². The van der Waals surface area contributed by atoms with Gasteiger partial charge >= 0.3 is 0 Å². The summed E-state index contributed by atoms with van der Waals surface area (Å²) in [6, 6.07) is 11.3. The number of sulfonamides is 2. The van der Waals surface area contributed by atoms with Gasteiger partial charge in [0.15, 0.2) is 0 Å². The first kappa shape index (κ1) is 26.4. The first-order chi connectivity index (χ1) is 16.6. The molecular weight excluding hydrogens is 498 g/mol. The minimum Gasteiger partial charge on any atom is -0.307 e. The summed E-state index contributed by atoms with van der Waals surface area (Å²) in [6.07, 6.45) is 5.75. The molecule has 1 unspecified atom stereocenters. The van der Waals surface area contributed by atoms with Gasteiger partial charge in [-0.3, -0.25) is 9.52 Å². The van der Waals surface area contributed by atoms with E-state index < -0.39 is 25.6 Å². The largest absolute Gasteiger partial charge is 0.307 e. The number of fused-ring (bicyclic) bond motifs is 2. The standard InChI is InChI=1S/C26H33N3O5S2/c1-18-11-13-26(14-12-18)17-29(23-10-9-20(16-22(23)26)27-35(5,31)32)24(30)19-7-6-8-21(15-19)36(33,34)28-25(2,3)4/h6-11,15-16,27-28H,12-14,17H2,1-5H3. The molecule has 1 atom stereocenters. The van der Waals surface area contributed by atoms with Crippen molar-refractivity contribution in [3.8, 4) is 0 Å². The molecule has 0 aromatic heterocycles. The molecule has 10 heteroatoms. The summed E-state index contributed by atoms with van der Waals surface area (Å²) < 4.78 is 54.6. The van der Waals surface area contributed by atoms with Crippen LogP contribution in [0.25, 0.3) is 0 Å². The summed E-state index contributed by atoms with van der Waals surface area (Å²) in [6.45, 7) is 7.80. The molecule has 0 radical (unpaired) electrons. The lowest BCUT2D eigenvalue weighted by atomic mass is 9.71. The molecule has 1 aliphatic heterocycles. The van der Waals surface area contributed by atoms with Crippen LogP contribution in [0.4, 0.5) is 11.4 Å². The van der Waals surface area contributed by atoms with Gasteiger partial charge in [0.2, 0.25) is 20.0 Å². The third-order valence-electron chi connectivity index (χ3n) is 6.54. The van der Waals surface area contributed by atoms with Crippen LogP contribution in [0.15, 0.2) is 59.0 Å². The Hall–Kier alpha value is -2.69. The van der Waals surface area contributed by atoms with Crippen molar-refractivity contribution >= 4 is 37.3 Å². The van der Waals surface area contributed by atoms with Gasteiger partial charge in [-0.25, -0.2) is 21.6 Å². The van der Waals surface area contributed by atoms with Crippen molar-refractivity contribution in [3.63, 3.8) is 0 Å². The molecule has 0 saturated carbocycles.